The summed E-state index contributed by atoms with van der Waals surface area (Å²) in [5.41, 5.74) is 3.44. The molecule has 0 bridgehead atoms. The van der Waals surface area contributed by atoms with Gasteiger partial charge in [-0.3, -0.25) is 9.78 Å². The van der Waals surface area contributed by atoms with Gasteiger partial charge in [0.25, 0.3) is 0 Å². The number of carbonyl (C=O) groups excluding carboxylic acids is 2. The first kappa shape index (κ1) is 24.0. The van der Waals surface area contributed by atoms with Crippen molar-refractivity contribution in [3.05, 3.63) is 87.3 Å². The van der Waals surface area contributed by atoms with Crippen molar-refractivity contribution in [2.24, 2.45) is 4.99 Å². The van der Waals surface area contributed by atoms with E-state index in [0.29, 0.717) is 28.0 Å². The topological polar surface area (TPSA) is 83.9 Å². The summed E-state index contributed by atoms with van der Waals surface area (Å²) in [6.07, 6.45) is 3.22. The van der Waals surface area contributed by atoms with E-state index in [1.807, 2.05) is 40.6 Å². The molecule has 1 amide bonds. The van der Waals surface area contributed by atoms with Crippen LogP contribution in [0.2, 0.25) is 5.02 Å². The van der Waals surface area contributed by atoms with Crippen molar-refractivity contribution in [3.63, 3.8) is 0 Å². The summed E-state index contributed by atoms with van der Waals surface area (Å²) in [5.74, 6) is -0.584. The second kappa shape index (κ2) is 10.4. The van der Waals surface area contributed by atoms with E-state index in [1.165, 1.54) is 11.8 Å². The molecule has 0 aliphatic carbocycles. The van der Waals surface area contributed by atoms with Crippen LogP contribution >= 0.6 is 23.4 Å². The van der Waals surface area contributed by atoms with Crippen LogP contribution in [0.3, 0.4) is 0 Å². The molecule has 0 spiro atoms. The van der Waals surface area contributed by atoms with Crippen LogP contribution in [0.15, 0.2) is 76.2 Å². The van der Waals surface area contributed by atoms with Crippen LogP contribution in [-0.2, 0) is 20.9 Å². The van der Waals surface area contributed by atoms with Crippen molar-refractivity contribution in [1.82, 2.24) is 15.2 Å². The van der Waals surface area contributed by atoms with Gasteiger partial charge >= 0.3 is 5.97 Å². The second-order valence-electron chi connectivity index (χ2n) is 8.18. The minimum absolute atomic E-state index is 0.129. The van der Waals surface area contributed by atoms with Crippen LogP contribution < -0.4 is 5.32 Å². The number of benzene rings is 1. The number of aliphatic imine (C=N–C) groups is 1. The van der Waals surface area contributed by atoms with Crippen molar-refractivity contribution in [1.29, 1.82) is 0 Å². The fourth-order valence-corrected chi connectivity index (χ4v) is 5.03. The molecule has 0 saturated carbocycles. The third-order valence-corrected chi connectivity index (χ3v) is 6.58. The SMILES string of the molecule is CC1=C(C(=O)OC(C)C)[C@@H](c2ccccc2Cl)N2C(CC(=O)NCc3ccncc3)=CSC2=N1. The molecular weight excluding hydrogens is 472 g/mol. The highest BCUT2D eigenvalue weighted by Gasteiger charge is 2.42. The van der Waals surface area contributed by atoms with Gasteiger partial charge in [-0.1, -0.05) is 41.6 Å². The lowest BCUT2D eigenvalue weighted by Gasteiger charge is -2.36. The molecule has 3 heterocycles. The number of fused-ring (bicyclic) bond motifs is 1. The van der Waals surface area contributed by atoms with Gasteiger partial charge in [0.05, 0.1) is 29.8 Å². The molecule has 4 rings (SSSR count). The summed E-state index contributed by atoms with van der Waals surface area (Å²) in [4.78, 5) is 36.5. The molecule has 7 nitrogen and oxygen atoms in total. The first-order valence-electron chi connectivity index (χ1n) is 10.9. The van der Waals surface area contributed by atoms with Gasteiger partial charge in [0.2, 0.25) is 5.91 Å². The second-order valence-corrected chi connectivity index (χ2v) is 9.42. The summed E-state index contributed by atoms with van der Waals surface area (Å²) < 4.78 is 5.56. The van der Waals surface area contributed by atoms with Crippen molar-refractivity contribution >= 4 is 40.4 Å². The number of nitrogens with one attached hydrogen (secondary N) is 1. The fourth-order valence-electron chi connectivity index (χ4n) is 3.83. The van der Waals surface area contributed by atoms with E-state index < -0.39 is 12.0 Å². The van der Waals surface area contributed by atoms with E-state index >= 15 is 0 Å². The predicted molar refractivity (Wildman–Crippen MR) is 134 cm³/mol. The third kappa shape index (κ3) is 5.18. The number of hydrogen-bond acceptors (Lipinski definition) is 7. The Bertz CT molecular complexity index is 1190. The zero-order valence-electron chi connectivity index (χ0n) is 19.1. The monoisotopic (exact) mass is 496 g/mol. The summed E-state index contributed by atoms with van der Waals surface area (Å²) in [6.45, 7) is 5.81. The molecule has 0 radical (unpaired) electrons. The Labute approximate surface area is 207 Å². The highest BCUT2D eigenvalue weighted by atomic mass is 35.5. The standard InChI is InChI=1S/C25H25ClN4O3S/c1-15(2)33-24(32)22-16(3)29-25-30(23(22)19-6-4-5-7-20(19)26)18(14-34-25)12-21(31)28-13-17-8-10-27-11-9-17/h4-11,14-15,23H,12-13H2,1-3H3,(H,28,31)/t23-/m1/s1. The Hall–Kier alpha value is -3.10. The molecule has 0 saturated heterocycles. The zero-order valence-corrected chi connectivity index (χ0v) is 20.7. The van der Waals surface area contributed by atoms with E-state index in [0.717, 1.165) is 16.8 Å². The van der Waals surface area contributed by atoms with Gasteiger partial charge < -0.3 is 15.0 Å². The van der Waals surface area contributed by atoms with Crippen LogP contribution in [0.1, 0.15) is 44.4 Å². The molecule has 34 heavy (non-hydrogen) atoms. The number of amides is 1. The first-order valence-corrected chi connectivity index (χ1v) is 12.2. The Morgan fingerprint density at radius 3 is 2.65 bits per heavy atom. The molecule has 1 N–H and O–H groups in total. The summed E-state index contributed by atoms with van der Waals surface area (Å²) in [6, 6.07) is 10.5. The van der Waals surface area contributed by atoms with Crippen molar-refractivity contribution in [2.75, 3.05) is 0 Å². The number of rotatable bonds is 7. The maximum atomic E-state index is 13.2. The van der Waals surface area contributed by atoms with Gasteiger partial charge in [-0.2, -0.15) is 0 Å². The van der Waals surface area contributed by atoms with Crippen LogP contribution in [0.25, 0.3) is 0 Å². The number of ether oxygens (including phenoxy) is 1. The van der Waals surface area contributed by atoms with Crippen LogP contribution in [0.4, 0.5) is 0 Å². The van der Waals surface area contributed by atoms with Crippen molar-refractivity contribution < 1.29 is 14.3 Å². The van der Waals surface area contributed by atoms with E-state index in [2.05, 4.69) is 15.3 Å². The molecule has 176 valence electrons. The Morgan fingerprint density at radius 2 is 1.94 bits per heavy atom. The highest BCUT2D eigenvalue weighted by Crippen LogP contribution is 2.46. The molecule has 1 aromatic carbocycles. The minimum atomic E-state index is -0.554. The number of amidine groups is 1. The predicted octanol–water partition coefficient (Wildman–Crippen LogP) is 4.97. The van der Waals surface area contributed by atoms with Gasteiger partial charge in [-0.25, -0.2) is 9.79 Å². The number of pyridine rings is 1. The zero-order chi connectivity index (χ0) is 24.2. The summed E-state index contributed by atoms with van der Waals surface area (Å²) >= 11 is 8.01. The van der Waals surface area contributed by atoms with E-state index in [-0.39, 0.29) is 18.4 Å². The number of thioether (sulfide) groups is 1. The maximum absolute atomic E-state index is 13.2. The molecule has 0 unspecified atom stereocenters. The van der Waals surface area contributed by atoms with Gasteiger partial charge in [0, 0.05) is 29.7 Å². The first-order chi connectivity index (χ1) is 16.3. The molecule has 0 fully saturated rings. The third-order valence-electron chi connectivity index (χ3n) is 5.34. The molecular formula is C25H25ClN4O3S. The number of halogens is 1. The fraction of sp³-hybridized carbons (Fsp3) is 0.280. The summed E-state index contributed by atoms with van der Waals surface area (Å²) in [7, 11) is 0. The number of allylic oxidation sites excluding steroid dienone is 1. The maximum Gasteiger partial charge on any atom is 0.338 e. The number of nitrogens with zero attached hydrogens (tertiary/aromatic N) is 3. The average molecular weight is 497 g/mol. The molecule has 2 aromatic rings. The number of carbonyl (C=O) groups is 2. The van der Waals surface area contributed by atoms with Gasteiger partial charge in [-0.05, 0) is 55.5 Å². The highest BCUT2D eigenvalue weighted by molar-refractivity contribution is 8.16. The Balaban J connectivity index is 1.63. The normalized spacial score (nSPS) is 17.3. The molecule has 2 aliphatic heterocycles. The number of aromatic nitrogens is 1. The number of hydrogen-bond donors (Lipinski definition) is 1. The van der Waals surface area contributed by atoms with Crippen LogP contribution in [0, 0.1) is 0 Å². The summed E-state index contributed by atoms with van der Waals surface area (Å²) in [5, 5.41) is 6.06. The molecule has 1 aromatic heterocycles. The van der Waals surface area contributed by atoms with Crippen LogP contribution in [0.5, 0.6) is 0 Å². The Morgan fingerprint density at radius 1 is 1.21 bits per heavy atom. The number of esters is 1. The Kier molecular flexibility index (Phi) is 7.38. The van der Waals surface area contributed by atoms with E-state index in [1.54, 1.807) is 39.2 Å². The lowest BCUT2D eigenvalue weighted by Crippen LogP contribution is -2.38. The van der Waals surface area contributed by atoms with Gasteiger partial charge in [-0.15, -0.1) is 0 Å². The largest absolute Gasteiger partial charge is 0.459 e. The molecule has 9 heteroatoms. The van der Waals surface area contributed by atoms with Crippen LogP contribution in [-0.4, -0.2) is 33.0 Å². The van der Waals surface area contributed by atoms with E-state index in [9.17, 15) is 9.59 Å². The molecule has 2 aliphatic rings. The minimum Gasteiger partial charge on any atom is -0.459 e. The van der Waals surface area contributed by atoms with E-state index in [4.69, 9.17) is 16.3 Å². The van der Waals surface area contributed by atoms with Crippen molar-refractivity contribution in [3.8, 4) is 0 Å². The van der Waals surface area contributed by atoms with Gasteiger partial charge in [0.15, 0.2) is 5.17 Å². The van der Waals surface area contributed by atoms with Gasteiger partial charge in [0.1, 0.15) is 0 Å². The average Bonchev–Trinajstić information content (AvgIpc) is 3.19. The quantitative estimate of drug-likeness (QED) is 0.545. The molecule has 1 atom stereocenters. The lowest BCUT2D eigenvalue weighted by atomic mass is 9.93. The smallest absolute Gasteiger partial charge is 0.338 e. The van der Waals surface area contributed by atoms with Crippen molar-refractivity contribution in [2.45, 2.75) is 45.9 Å². The lowest BCUT2D eigenvalue weighted by molar-refractivity contribution is -0.143.